The van der Waals surface area contributed by atoms with E-state index < -0.39 is 5.60 Å². The Morgan fingerprint density at radius 3 is 2.56 bits per heavy atom. The van der Waals surface area contributed by atoms with Gasteiger partial charge in [0.1, 0.15) is 5.01 Å². The molecule has 0 aromatic carbocycles. The Hall–Kier alpha value is -0.450. The van der Waals surface area contributed by atoms with Crippen LogP contribution >= 0.6 is 11.3 Å². The Balaban J connectivity index is 1.76. The minimum atomic E-state index is -0.512. The van der Waals surface area contributed by atoms with E-state index in [9.17, 15) is 5.11 Å². The molecule has 2 N–H and O–H groups in total. The Morgan fingerprint density at radius 1 is 1.33 bits per heavy atom. The van der Waals surface area contributed by atoms with E-state index in [0.29, 0.717) is 12.0 Å². The lowest BCUT2D eigenvalue weighted by Crippen LogP contribution is -2.44. The van der Waals surface area contributed by atoms with E-state index in [1.165, 1.54) is 0 Å². The maximum Gasteiger partial charge on any atom is 0.107 e. The summed E-state index contributed by atoms with van der Waals surface area (Å²) in [7, 11) is 0. The summed E-state index contributed by atoms with van der Waals surface area (Å²) >= 11 is 1.68. The molecule has 0 aliphatic heterocycles. The Kier molecular flexibility index (Phi) is 4.09. The minimum absolute atomic E-state index is 0.401. The van der Waals surface area contributed by atoms with Gasteiger partial charge in [0.05, 0.1) is 5.60 Å². The monoisotopic (exact) mass is 268 g/mol. The second-order valence-corrected chi connectivity index (χ2v) is 7.32. The third-order valence-corrected chi connectivity index (χ3v) is 4.90. The molecule has 0 radical (unpaired) electrons. The van der Waals surface area contributed by atoms with Crippen LogP contribution < -0.4 is 5.32 Å². The van der Waals surface area contributed by atoms with Crippen molar-refractivity contribution < 1.29 is 5.11 Å². The van der Waals surface area contributed by atoms with Crippen molar-refractivity contribution in [3.05, 3.63) is 16.1 Å². The molecule has 1 aromatic rings. The lowest BCUT2D eigenvalue weighted by molar-refractivity contribution is -0.0245. The van der Waals surface area contributed by atoms with Gasteiger partial charge in [-0.15, -0.1) is 11.3 Å². The van der Waals surface area contributed by atoms with Crippen LogP contribution in [0.25, 0.3) is 0 Å². The largest absolute Gasteiger partial charge is 0.389 e. The topological polar surface area (TPSA) is 45.1 Å². The third kappa shape index (κ3) is 3.77. The molecule has 18 heavy (non-hydrogen) atoms. The number of rotatable bonds is 4. The Labute approximate surface area is 114 Å². The fraction of sp³-hybridized carbons (Fsp3) is 0.786. The summed E-state index contributed by atoms with van der Waals surface area (Å²) in [6.07, 6.45) is 4.04. The molecule has 1 aliphatic rings. The number of nitrogens with zero attached hydrogens (tertiary/aromatic N) is 1. The number of thiazole rings is 1. The van der Waals surface area contributed by atoms with Crippen molar-refractivity contribution in [2.24, 2.45) is 5.41 Å². The molecule has 0 amide bonds. The zero-order valence-electron chi connectivity index (χ0n) is 11.6. The van der Waals surface area contributed by atoms with Crippen molar-refractivity contribution in [1.82, 2.24) is 10.3 Å². The van der Waals surface area contributed by atoms with Crippen LogP contribution in [0.3, 0.4) is 0 Å². The van der Waals surface area contributed by atoms with Crippen LogP contribution in [0, 0.1) is 12.3 Å². The van der Waals surface area contributed by atoms with Gasteiger partial charge < -0.3 is 10.4 Å². The number of hydrogen-bond acceptors (Lipinski definition) is 4. The molecule has 2 rings (SSSR count). The van der Waals surface area contributed by atoms with Crippen molar-refractivity contribution in [2.75, 3.05) is 6.54 Å². The Morgan fingerprint density at radius 2 is 2.00 bits per heavy atom. The normalized spacial score (nSPS) is 22.0. The summed E-state index contributed by atoms with van der Waals surface area (Å²) < 4.78 is 0. The summed E-state index contributed by atoms with van der Waals surface area (Å²) in [5, 5.41) is 17.0. The molecule has 3 nitrogen and oxygen atoms in total. The predicted octanol–water partition coefficient (Wildman–Crippen LogP) is 2.87. The van der Waals surface area contributed by atoms with E-state index in [1.807, 2.05) is 6.92 Å². The van der Waals surface area contributed by atoms with Gasteiger partial charge in [0.15, 0.2) is 0 Å². The van der Waals surface area contributed by atoms with Crippen molar-refractivity contribution in [3.63, 3.8) is 0 Å². The van der Waals surface area contributed by atoms with Crippen LogP contribution in [0.1, 0.15) is 50.2 Å². The summed E-state index contributed by atoms with van der Waals surface area (Å²) in [6, 6.07) is 0. The molecule has 0 bridgehead atoms. The average Bonchev–Trinajstić information content (AvgIpc) is 2.70. The van der Waals surface area contributed by atoms with Gasteiger partial charge in [-0.05, 0) is 38.0 Å². The molecule has 102 valence electrons. The van der Waals surface area contributed by atoms with Gasteiger partial charge in [-0.3, -0.25) is 0 Å². The lowest BCUT2D eigenvalue weighted by Gasteiger charge is -2.40. The maximum atomic E-state index is 10.5. The van der Waals surface area contributed by atoms with Crippen LogP contribution in [0.5, 0.6) is 0 Å². The fourth-order valence-electron chi connectivity index (χ4n) is 2.45. The SMILES string of the molecule is Cc1csc(CNCC2(O)CCC(C)(C)CC2)n1. The number of aryl methyl sites for hydroxylation is 1. The zero-order valence-corrected chi connectivity index (χ0v) is 12.4. The standard InChI is InChI=1S/C14H24N2OS/c1-11-9-18-12(16-11)8-15-10-14(17)6-4-13(2,3)5-7-14/h9,15,17H,4-8,10H2,1-3H3. The van der Waals surface area contributed by atoms with Gasteiger partial charge in [0.25, 0.3) is 0 Å². The van der Waals surface area contributed by atoms with Gasteiger partial charge in [-0.1, -0.05) is 13.8 Å². The quantitative estimate of drug-likeness (QED) is 0.882. The fourth-order valence-corrected chi connectivity index (χ4v) is 3.20. The zero-order chi connectivity index (χ0) is 13.2. The molecule has 1 aliphatic carbocycles. The molecule has 0 unspecified atom stereocenters. The highest BCUT2D eigenvalue weighted by molar-refractivity contribution is 7.09. The molecular formula is C14H24N2OS. The van der Waals surface area contributed by atoms with Crippen molar-refractivity contribution >= 4 is 11.3 Å². The van der Waals surface area contributed by atoms with E-state index in [4.69, 9.17) is 0 Å². The number of aromatic nitrogens is 1. The first-order valence-corrected chi connectivity index (χ1v) is 7.61. The van der Waals surface area contributed by atoms with Crippen LogP contribution in [0.2, 0.25) is 0 Å². The van der Waals surface area contributed by atoms with E-state index >= 15 is 0 Å². The van der Waals surface area contributed by atoms with Crippen LogP contribution in [-0.4, -0.2) is 22.2 Å². The van der Waals surface area contributed by atoms with E-state index in [2.05, 4.69) is 29.5 Å². The van der Waals surface area contributed by atoms with Gasteiger partial charge in [0, 0.05) is 24.2 Å². The second kappa shape index (κ2) is 5.27. The van der Waals surface area contributed by atoms with Crippen LogP contribution in [-0.2, 0) is 6.54 Å². The van der Waals surface area contributed by atoms with Gasteiger partial charge in [0.2, 0.25) is 0 Å². The van der Waals surface area contributed by atoms with Gasteiger partial charge in [-0.2, -0.15) is 0 Å². The van der Waals surface area contributed by atoms with E-state index in [1.54, 1.807) is 11.3 Å². The van der Waals surface area contributed by atoms with E-state index in [-0.39, 0.29) is 0 Å². The summed E-state index contributed by atoms with van der Waals surface area (Å²) in [4.78, 5) is 4.41. The molecule has 1 aromatic heterocycles. The van der Waals surface area contributed by atoms with Crippen molar-refractivity contribution in [1.29, 1.82) is 0 Å². The predicted molar refractivity (Wildman–Crippen MR) is 75.8 cm³/mol. The molecule has 1 fully saturated rings. The summed E-state index contributed by atoms with van der Waals surface area (Å²) in [5.41, 5.74) is 0.968. The average molecular weight is 268 g/mol. The van der Waals surface area contributed by atoms with E-state index in [0.717, 1.165) is 42.9 Å². The highest BCUT2D eigenvalue weighted by Gasteiger charge is 2.36. The highest BCUT2D eigenvalue weighted by Crippen LogP contribution is 2.39. The first-order valence-electron chi connectivity index (χ1n) is 6.73. The molecule has 0 saturated heterocycles. The number of hydrogen-bond donors (Lipinski definition) is 2. The molecule has 0 atom stereocenters. The molecule has 1 heterocycles. The summed E-state index contributed by atoms with van der Waals surface area (Å²) in [6.45, 7) is 8.04. The second-order valence-electron chi connectivity index (χ2n) is 6.37. The molecule has 4 heteroatoms. The first kappa shape index (κ1) is 14.0. The summed E-state index contributed by atoms with van der Waals surface area (Å²) in [5.74, 6) is 0. The van der Waals surface area contributed by atoms with Crippen molar-refractivity contribution in [3.8, 4) is 0 Å². The molecular weight excluding hydrogens is 244 g/mol. The lowest BCUT2D eigenvalue weighted by atomic mass is 9.71. The molecule has 0 spiro atoms. The first-order chi connectivity index (χ1) is 8.39. The van der Waals surface area contributed by atoms with Crippen LogP contribution in [0.15, 0.2) is 5.38 Å². The van der Waals surface area contributed by atoms with Gasteiger partial charge in [-0.25, -0.2) is 4.98 Å². The number of aliphatic hydroxyl groups is 1. The van der Waals surface area contributed by atoms with Gasteiger partial charge >= 0.3 is 0 Å². The van der Waals surface area contributed by atoms with Crippen LogP contribution in [0.4, 0.5) is 0 Å². The maximum absolute atomic E-state index is 10.5. The molecule has 1 saturated carbocycles. The minimum Gasteiger partial charge on any atom is -0.389 e. The third-order valence-electron chi connectivity index (χ3n) is 3.93. The Bertz CT molecular complexity index is 390. The number of nitrogens with one attached hydrogen (secondary N) is 1. The van der Waals surface area contributed by atoms with Crippen molar-refractivity contribution in [2.45, 2.75) is 58.6 Å². The smallest absolute Gasteiger partial charge is 0.107 e. The highest BCUT2D eigenvalue weighted by atomic mass is 32.1.